The molecule has 2 heterocycles. The fourth-order valence-electron chi connectivity index (χ4n) is 4.08. The molecule has 2 aromatic carbocycles. The van der Waals surface area contributed by atoms with Crippen LogP contribution < -0.4 is 9.47 Å². The van der Waals surface area contributed by atoms with Gasteiger partial charge in [0.05, 0.1) is 21.7 Å². The Morgan fingerprint density at radius 1 is 1.08 bits per heavy atom. The maximum atomic E-state index is 11.5. The Morgan fingerprint density at radius 3 is 2.51 bits per heavy atom. The van der Waals surface area contributed by atoms with Gasteiger partial charge in [0, 0.05) is 30.0 Å². The van der Waals surface area contributed by atoms with E-state index in [-0.39, 0.29) is 18.6 Å². The number of rotatable bonds is 10. The lowest BCUT2D eigenvalue weighted by molar-refractivity contribution is -0.668. The van der Waals surface area contributed by atoms with E-state index < -0.39 is 25.5 Å². The van der Waals surface area contributed by atoms with E-state index in [0.717, 1.165) is 36.4 Å². The number of aromatic nitrogens is 1. The first kappa shape index (κ1) is 27.8. The summed E-state index contributed by atoms with van der Waals surface area (Å²) >= 11 is 3.21. The summed E-state index contributed by atoms with van der Waals surface area (Å²) in [6.45, 7) is 4.37. The minimum atomic E-state index is -4.11. The Hall–Kier alpha value is -2.22. The van der Waals surface area contributed by atoms with Crippen molar-refractivity contribution in [2.24, 2.45) is 0 Å². The lowest BCUT2D eigenvalue weighted by Gasteiger charge is -2.22. The van der Waals surface area contributed by atoms with Gasteiger partial charge in [0.25, 0.3) is 25.2 Å². The van der Waals surface area contributed by atoms with Gasteiger partial charge in [-0.3, -0.25) is 9.11 Å². The zero-order valence-electron chi connectivity index (χ0n) is 20.4. The third-order valence-electron chi connectivity index (χ3n) is 6.03. The van der Waals surface area contributed by atoms with Crippen molar-refractivity contribution in [1.29, 1.82) is 0 Å². The molecule has 2 N–H and O–H groups in total. The molecular weight excluding hydrogens is 553 g/mol. The van der Waals surface area contributed by atoms with E-state index in [2.05, 4.69) is 15.5 Å². The van der Waals surface area contributed by atoms with Gasteiger partial charge in [-0.25, -0.2) is 0 Å². The highest BCUT2D eigenvalue weighted by Crippen LogP contribution is 2.46. The number of hydrogen-bond donors (Lipinski definition) is 2. The number of anilines is 1. The fourth-order valence-corrected chi connectivity index (χ4v) is 7.37. The number of para-hydroxylation sites is 2. The molecule has 37 heavy (non-hydrogen) atoms. The second-order valence-electron chi connectivity index (χ2n) is 8.91. The maximum Gasteiger partial charge on any atom is 0.267 e. The second-order valence-corrected chi connectivity index (χ2v) is 14.4. The summed E-state index contributed by atoms with van der Waals surface area (Å²) in [7, 11) is -8.14. The molecule has 198 valence electrons. The molecule has 12 heteroatoms. The van der Waals surface area contributed by atoms with Gasteiger partial charge in [-0.2, -0.15) is 21.4 Å². The van der Waals surface area contributed by atoms with Crippen LogP contribution in [0.15, 0.2) is 70.1 Å². The average Bonchev–Trinajstić information content (AvgIpc) is 3.33. The summed E-state index contributed by atoms with van der Waals surface area (Å²) in [6.07, 6.45) is 4.66. The van der Waals surface area contributed by atoms with Gasteiger partial charge in [0.15, 0.2) is 6.54 Å². The van der Waals surface area contributed by atoms with Crippen molar-refractivity contribution in [3.63, 3.8) is 0 Å². The van der Waals surface area contributed by atoms with Crippen LogP contribution in [0.4, 0.5) is 5.69 Å². The van der Waals surface area contributed by atoms with Crippen LogP contribution in [0.1, 0.15) is 31.7 Å². The molecule has 8 nitrogen and oxygen atoms in total. The zero-order valence-corrected chi connectivity index (χ0v) is 23.7. The van der Waals surface area contributed by atoms with Gasteiger partial charge in [-0.05, 0) is 50.1 Å². The normalized spacial score (nSPS) is 16.5. The topological polar surface area (TPSA) is 116 Å². The van der Waals surface area contributed by atoms with Crippen LogP contribution in [-0.4, -0.2) is 43.5 Å². The van der Waals surface area contributed by atoms with E-state index in [1.165, 1.54) is 6.92 Å². The predicted octanol–water partition coefficient (Wildman–Crippen LogP) is 4.99. The molecule has 1 unspecified atom stereocenters. The molecule has 1 aromatic heterocycles. The monoisotopic (exact) mass is 581 g/mol. The van der Waals surface area contributed by atoms with Crippen molar-refractivity contribution in [3.05, 3.63) is 70.2 Å². The molecular formula is C25H29N2O6S4+. The summed E-state index contributed by atoms with van der Waals surface area (Å²) in [5.41, 5.74) is 2.97. The van der Waals surface area contributed by atoms with Crippen LogP contribution in [0.25, 0.3) is 16.3 Å². The van der Waals surface area contributed by atoms with Crippen molar-refractivity contribution in [2.75, 3.05) is 17.2 Å². The number of allylic oxidation sites excluding steroid dienone is 2. The molecule has 0 saturated carbocycles. The van der Waals surface area contributed by atoms with Crippen LogP contribution in [0.5, 0.6) is 0 Å². The van der Waals surface area contributed by atoms with Gasteiger partial charge < -0.3 is 4.90 Å². The highest BCUT2D eigenvalue weighted by atomic mass is 32.2. The first-order valence-corrected chi connectivity index (χ1v) is 16.4. The van der Waals surface area contributed by atoms with Crippen molar-refractivity contribution < 1.29 is 30.5 Å². The number of aryl methyl sites for hydroxylation is 1. The van der Waals surface area contributed by atoms with Crippen molar-refractivity contribution in [1.82, 2.24) is 0 Å². The summed E-state index contributed by atoms with van der Waals surface area (Å²) in [6, 6.07) is 15.8. The Bertz CT molecular complexity index is 1580. The molecule has 0 fully saturated rings. The van der Waals surface area contributed by atoms with E-state index >= 15 is 0 Å². The number of benzene rings is 2. The van der Waals surface area contributed by atoms with Gasteiger partial charge >= 0.3 is 0 Å². The average molecular weight is 582 g/mol. The summed E-state index contributed by atoms with van der Waals surface area (Å²) < 4.78 is 67.2. The molecule has 3 aromatic rings. The Balaban J connectivity index is 1.64. The SMILES string of the molecule is CC(=Cc1sc2ccccc2[n+]1CCCS(=O)(=O)O)C=C1Sc2ccccc2N1CCC(C)S(=O)(=O)O. The number of nitrogens with zero attached hydrogens (tertiary/aromatic N) is 2. The third kappa shape index (κ3) is 7.01. The van der Waals surface area contributed by atoms with Crippen molar-refractivity contribution in [2.45, 2.75) is 43.4 Å². The standard InChI is InChI=1S/C25H28N2O6S4/c1-18(16-24-26(13-7-15-36(28,29)30)20-8-3-5-10-22(20)34-24)17-25-27(14-12-19(2)37(31,32)33)21-9-4-6-11-23(21)35-25/h3-6,8-11,16-17,19H,7,12-15H2,1-2H3,(H-,28,29,30,31,32,33)/p+1. The summed E-state index contributed by atoms with van der Waals surface area (Å²) in [4.78, 5) is 3.15. The van der Waals surface area contributed by atoms with Gasteiger partial charge in [0.2, 0.25) is 5.52 Å². The van der Waals surface area contributed by atoms with Crippen LogP contribution in [0, 0.1) is 0 Å². The lowest BCUT2D eigenvalue weighted by atomic mass is 10.2. The van der Waals surface area contributed by atoms with Gasteiger partial charge in [-0.1, -0.05) is 47.4 Å². The van der Waals surface area contributed by atoms with E-state index in [1.54, 1.807) is 23.1 Å². The first-order chi connectivity index (χ1) is 17.4. The smallest absolute Gasteiger partial charge is 0.267 e. The quantitative estimate of drug-likeness (QED) is 0.254. The highest BCUT2D eigenvalue weighted by molar-refractivity contribution is 8.03. The lowest BCUT2D eigenvalue weighted by Crippen LogP contribution is -2.36. The summed E-state index contributed by atoms with van der Waals surface area (Å²) in [5.74, 6) is -0.303. The molecule has 1 aliphatic rings. The van der Waals surface area contributed by atoms with Crippen LogP contribution in [0.2, 0.25) is 0 Å². The molecule has 0 radical (unpaired) electrons. The molecule has 0 spiro atoms. The Morgan fingerprint density at radius 2 is 1.78 bits per heavy atom. The van der Waals surface area contributed by atoms with Crippen LogP contribution in [-0.2, 0) is 26.8 Å². The number of thiazole rings is 1. The molecule has 0 saturated heterocycles. The predicted molar refractivity (Wildman–Crippen MR) is 150 cm³/mol. The summed E-state index contributed by atoms with van der Waals surface area (Å²) in [5, 5.41) is 1.04. The van der Waals surface area contributed by atoms with Crippen LogP contribution in [0.3, 0.4) is 0 Å². The zero-order chi connectivity index (χ0) is 26.8. The van der Waals surface area contributed by atoms with E-state index in [9.17, 15) is 21.4 Å². The number of thioether (sulfide) groups is 1. The largest absolute Gasteiger partial charge is 0.335 e. The van der Waals surface area contributed by atoms with E-state index in [1.807, 2.05) is 61.5 Å². The molecule has 0 aliphatic carbocycles. The molecule has 0 amide bonds. The maximum absolute atomic E-state index is 11.5. The minimum absolute atomic E-state index is 0.276. The van der Waals surface area contributed by atoms with Crippen LogP contribution >= 0.6 is 23.1 Å². The fraction of sp³-hybridized carbons (Fsp3) is 0.320. The van der Waals surface area contributed by atoms with Gasteiger partial charge in [-0.15, -0.1) is 0 Å². The van der Waals surface area contributed by atoms with E-state index in [0.29, 0.717) is 13.1 Å². The Kier molecular flexibility index (Phi) is 8.46. The van der Waals surface area contributed by atoms with Gasteiger partial charge in [0.1, 0.15) is 4.70 Å². The minimum Gasteiger partial charge on any atom is -0.335 e. The van der Waals surface area contributed by atoms with Crippen molar-refractivity contribution in [3.8, 4) is 0 Å². The van der Waals surface area contributed by atoms with E-state index in [4.69, 9.17) is 4.55 Å². The third-order valence-corrected chi connectivity index (χ3v) is 10.3. The molecule has 1 atom stereocenters. The second kappa shape index (κ2) is 11.3. The van der Waals surface area contributed by atoms with Crippen molar-refractivity contribution >= 4 is 65.3 Å². The highest BCUT2D eigenvalue weighted by Gasteiger charge is 2.27. The molecule has 0 bridgehead atoms. The molecule has 4 rings (SSSR count). The Labute approximate surface area is 225 Å². The first-order valence-electron chi connectivity index (χ1n) is 11.7. The number of hydrogen-bond acceptors (Lipinski definition) is 7. The molecule has 1 aliphatic heterocycles. The number of fused-ring (bicyclic) bond motifs is 2.